The largest absolute Gasteiger partial charge is 0.508 e. The number of phenolic OH excluding ortho intramolecular Hbond substituents is 1. The minimum Gasteiger partial charge on any atom is -0.508 e. The third kappa shape index (κ3) is 4.16. The lowest BCUT2D eigenvalue weighted by Gasteiger charge is -2.28. The van der Waals surface area contributed by atoms with Crippen LogP contribution in [0.4, 0.5) is 5.69 Å². The van der Waals surface area contributed by atoms with Crippen molar-refractivity contribution in [1.29, 1.82) is 0 Å². The maximum absolute atomic E-state index is 12.4. The highest BCUT2D eigenvalue weighted by Gasteiger charge is 2.26. The van der Waals surface area contributed by atoms with E-state index >= 15 is 0 Å². The first-order chi connectivity index (χ1) is 12.5. The number of hydrogen-bond donors (Lipinski definition) is 2. The van der Waals surface area contributed by atoms with Gasteiger partial charge in [0.1, 0.15) is 5.75 Å². The van der Waals surface area contributed by atoms with E-state index in [1.165, 1.54) is 4.31 Å². The van der Waals surface area contributed by atoms with Gasteiger partial charge in [0.05, 0.1) is 11.4 Å². The van der Waals surface area contributed by atoms with Crippen molar-refractivity contribution in [3.8, 4) is 5.75 Å². The van der Waals surface area contributed by atoms with Crippen LogP contribution in [0.5, 0.6) is 5.75 Å². The van der Waals surface area contributed by atoms with E-state index in [1.807, 2.05) is 12.1 Å². The molecule has 0 aromatic heterocycles. The standard InChI is InChI=1S/C19H22N2O4S/c22-18-9-2-1-6-15(18)10-11-20-19(23)16-7-5-8-17(14-16)21-12-3-4-13-26(21,24)25/h1-2,5-9,14,22H,3-4,10-13H2,(H,20,23). The molecular weight excluding hydrogens is 352 g/mol. The van der Waals surface area contributed by atoms with Gasteiger partial charge in [0.15, 0.2) is 0 Å². The van der Waals surface area contributed by atoms with E-state index in [2.05, 4.69) is 5.32 Å². The number of carbonyl (C=O) groups is 1. The van der Waals surface area contributed by atoms with Crippen molar-refractivity contribution in [2.75, 3.05) is 23.1 Å². The average Bonchev–Trinajstić information content (AvgIpc) is 2.63. The number of amides is 1. The van der Waals surface area contributed by atoms with Gasteiger partial charge in [0.2, 0.25) is 10.0 Å². The Morgan fingerprint density at radius 2 is 1.92 bits per heavy atom. The van der Waals surface area contributed by atoms with Gasteiger partial charge in [-0.3, -0.25) is 9.10 Å². The fourth-order valence-electron chi connectivity index (χ4n) is 3.02. The maximum Gasteiger partial charge on any atom is 0.251 e. The maximum atomic E-state index is 12.4. The van der Waals surface area contributed by atoms with Crippen LogP contribution in [0.25, 0.3) is 0 Å². The van der Waals surface area contributed by atoms with E-state index in [0.29, 0.717) is 37.2 Å². The van der Waals surface area contributed by atoms with Crippen LogP contribution in [-0.2, 0) is 16.4 Å². The van der Waals surface area contributed by atoms with E-state index in [9.17, 15) is 18.3 Å². The first-order valence-electron chi connectivity index (χ1n) is 8.63. The summed E-state index contributed by atoms with van der Waals surface area (Å²) in [5.74, 6) is 0.0833. The molecule has 1 amide bonds. The summed E-state index contributed by atoms with van der Waals surface area (Å²) in [4.78, 5) is 12.4. The number of rotatable bonds is 5. The summed E-state index contributed by atoms with van der Waals surface area (Å²) in [6.07, 6.45) is 2.00. The number of phenols is 1. The molecule has 0 bridgehead atoms. The van der Waals surface area contributed by atoms with Crippen LogP contribution in [0.3, 0.4) is 0 Å². The second-order valence-corrected chi connectivity index (χ2v) is 8.29. The fourth-order valence-corrected chi connectivity index (χ4v) is 4.65. The van der Waals surface area contributed by atoms with Crippen LogP contribution in [-0.4, -0.2) is 38.3 Å². The van der Waals surface area contributed by atoms with Gasteiger partial charge in [0, 0.05) is 18.7 Å². The number of anilines is 1. The average molecular weight is 374 g/mol. The third-order valence-electron chi connectivity index (χ3n) is 4.42. The second kappa shape index (κ2) is 7.78. The number of nitrogens with one attached hydrogen (secondary N) is 1. The van der Waals surface area contributed by atoms with Gasteiger partial charge in [-0.1, -0.05) is 24.3 Å². The van der Waals surface area contributed by atoms with Gasteiger partial charge in [-0.15, -0.1) is 0 Å². The summed E-state index contributed by atoms with van der Waals surface area (Å²) in [5, 5.41) is 12.6. The lowest BCUT2D eigenvalue weighted by molar-refractivity contribution is 0.0954. The van der Waals surface area contributed by atoms with Crippen molar-refractivity contribution in [2.24, 2.45) is 0 Å². The Morgan fingerprint density at radius 3 is 2.69 bits per heavy atom. The molecule has 7 heteroatoms. The predicted molar refractivity (Wildman–Crippen MR) is 101 cm³/mol. The first-order valence-corrected chi connectivity index (χ1v) is 10.2. The second-order valence-electron chi connectivity index (χ2n) is 6.28. The summed E-state index contributed by atoms with van der Waals surface area (Å²) in [6.45, 7) is 0.823. The molecule has 1 fully saturated rings. The molecule has 0 radical (unpaired) electrons. The lowest BCUT2D eigenvalue weighted by atomic mass is 10.1. The molecule has 0 unspecified atom stereocenters. The zero-order valence-corrected chi connectivity index (χ0v) is 15.2. The Bertz CT molecular complexity index is 896. The van der Waals surface area contributed by atoms with Crippen LogP contribution >= 0.6 is 0 Å². The van der Waals surface area contributed by atoms with Crippen LogP contribution in [0.2, 0.25) is 0 Å². The monoisotopic (exact) mass is 374 g/mol. The molecule has 26 heavy (non-hydrogen) atoms. The molecule has 1 aliphatic heterocycles. The van der Waals surface area contributed by atoms with Crippen LogP contribution in [0.15, 0.2) is 48.5 Å². The van der Waals surface area contributed by atoms with Gasteiger partial charge < -0.3 is 10.4 Å². The number of benzene rings is 2. The van der Waals surface area contributed by atoms with Gasteiger partial charge in [-0.2, -0.15) is 0 Å². The molecule has 6 nitrogen and oxygen atoms in total. The number of carbonyl (C=O) groups excluding carboxylic acids is 1. The molecule has 3 rings (SSSR count). The Hall–Kier alpha value is -2.54. The quantitative estimate of drug-likeness (QED) is 0.841. The highest BCUT2D eigenvalue weighted by molar-refractivity contribution is 7.92. The van der Waals surface area contributed by atoms with E-state index in [0.717, 1.165) is 12.0 Å². The summed E-state index contributed by atoms with van der Waals surface area (Å²) in [6, 6.07) is 13.7. The summed E-state index contributed by atoms with van der Waals surface area (Å²) in [5.41, 5.74) is 1.71. The van der Waals surface area contributed by atoms with E-state index in [4.69, 9.17) is 0 Å². The smallest absolute Gasteiger partial charge is 0.251 e. The SMILES string of the molecule is O=C(NCCc1ccccc1O)c1cccc(N2CCCCS2(=O)=O)c1. The summed E-state index contributed by atoms with van der Waals surface area (Å²) in [7, 11) is -3.30. The zero-order chi connectivity index (χ0) is 18.6. The van der Waals surface area contributed by atoms with E-state index < -0.39 is 10.0 Å². The van der Waals surface area contributed by atoms with Crippen molar-refractivity contribution in [3.05, 3.63) is 59.7 Å². The van der Waals surface area contributed by atoms with Crippen molar-refractivity contribution in [2.45, 2.75) is 19.3 Å². The highest BCUT2D eigenvalue weighted by atomic mass is 32.2. The molecular formula is C19H22N2O4S. The molecule has 0 spiro atoms. The third-order valence-corrected chi connectivity index (χ3v) is 6.29. The number of nitrogens with zero attached hydrogens (tertiary/aromatic N) is 1. The Labute approximate surface area is 153 Å². The van der Waals surface area contributed by atoms with Crippen molar-refractivity contribution >= 4 is 21.6 Å². The van der Waals surface area contributed by atoms with Crippen molar-refractivity contribution < 1.29 is 18.3 Å². The van der Waals surface area contributed by atoms with Gasteiger partial charge >= 0.3 is 0 Å². The fraction of sp³-hybridized carbons (Fsp3) is 0.316. The minimum absolute atomic E-state index is 0.143. The zero-order valence-electron chi connectivity index (χ0n) is 14.4. The Kier molecular flexibility index (Phi) is 5.46. The Balaban J connectivity index is 1.66. The molecule has 0 atom stereocenters. The molecule has 2 N–H and O–H groups in total. The normalized spacial score (nSPS) is 16.2. The lowest BCUT2D eigenvalue weighted by Crippen LogP contribution is -2.38. The molecule has 138 valence electrons. The molecule has 2 aromatic carbocycles. The van der Waals surface area contributed by atoms with Crippen molar-refractivity contribution in [1.82, 2.24) is 5.32 Å². The Morgan fingerprint density at radius 1 is 1.12 bits per heavy atom. The van der Waals surface area contributed by atoms with E-state index in [-0.39, 0.29) is 17.4 Å². The summed E-state index contributed by atoms with van der Waals surface area (Å²) >= 11 is 0. The molecule has 1 heterocycles. The summed E-state index contributed by atoms with van der Waals surface area (Å²) < 4.78 is 25.8. The van der Waals surface area contributed by atoms with Crippen LogP contribution in [0, 0.1) is 0 Å². The minimum atomic E-state index is -3.30. The molecule has 0 saturated carbocycles. The van der Waals surface area contributed by atoms with Crippen molar-refractivity contribution in [3.63, 3.8) is 0 Å². The van der Waals surface area contributed by atoms with Gasteiger partial charge in [-0.05, 0) is 49.1 Å². The molecule has 1 saturated heterocycles. The van der Waals surface area contributed by atoms with Crippen LogP contribution in [0.1, 0.15) is 28.8 Å². The topological polar surface area (TPSA) is 86.7 Å². The highest BCUT2D eigenvalue weighted by Crippen LogP contribution is 2.24. The number of para-hydroxylation sites is 1. The molecule has 0 aliphatic carbocycles. The van der Waals surface area contributed by atoms with Crippen LogP contribution < -0.4 is 9.62 Å². The molecule has 1 aliphatic rings. The number of hydrogen-bond acceptors (Lipinski definition) is 4. The predicted octanol–water partition coefficient (Wildman–Crippen LogP) is 2.29. The number of sulfonamides is 1. The molecule has 2 aromatic rings. The first kappa shape index (κ1) is 18.3. The van der Waals surface area contributed by atoms with E-state index in [1.54, 1.807) is 36.4 Å². The van der Waals surface area contributed by atoms with Gasteiger partial charge in [0.25, 0.3) is 5.91 Å². The van der Waals surface area contributed by atoms with Gasteiger partial charge in [-0.25, -0.2) is 8.42 Å². The number of aromatic hydroxyl groups is 1.